The number of anilines is 1. The van der Waals surface area contributed by atoms with Crippen LogP contribution in [0.2, 0.25) is 0 Å². The molecular weight excluding hydrogens is 362 g/mol. The molecule has 0 aliphatic rings. The predicted octanol–water partition coefficient (Wildman–Crippen LogP) is 2.84. The fourth-order valence-electron chi connectivity index (χ4n) is 1.75. The minimum absolute atomic E-state index is 0.174. The zero-order chi connectivity index (χ0) is 14.9. The van der Waals surface area contributed by atoms with Crippen molar-refractivity contribution in [2.75, 3.05) is 5.73 Å². The number of nitrogens with zero attached hydrogens (tertiary/aromatic N) is 1. The van der Waals surface area contributed by atoms with Crippen LogP contribution < -0.4 is 10.5 Å². The van der Waals surface area contributed by atoms with Crippen molar-refractivity contribution in [2.45, 2.75) is 24.8 Å². The Bertz CT molecular complexity index is 715. The van der Waals surface area contributed by atoms with Crippen LogP contribution in [0.25, 0.3) is 0 Å². The van der Waals surface area contributed by atoms with E-state index in [-0.39, 0.29) is 10.9 Å². The van der Waals surface area contributed by atoms with Crippen LogP contribution in [0, 0.1) is 6.92 Å². The van der Waals surface area contributed by atoms with Gasteiger partial charge in [0.05, 0.1) is 10.9 Å². The van der Waals surface area contributed by atoms with E-state index in [0.29, 0.717) is 20.7 Å². The fourth-order valence-corrected chi connectivity index (χ4v) is 4.60. The summed E-state index contributed by atoms with van der Waals surface area (Å²) >= 11 is 4.67. The lowest BCUT2D eigenvalue weighted by molar-refractivity contribution is 0.565. The van der Waals surface area contributed by atoms with Gasteiger partial charge >= 0.3 is 0 Å². The van der Waals surface area contributed by atoms with Crippen molar-refractivity contribution in [3.8, 4) is 0 Å². The molecule has 0 aliphatic heterocycles. The second kappa shape index (κ2) is 5.80. The Morgan fingerprint density at radius 3 is 2.75 bits per heavy atom. The Labute approximate surface area is 130 Å². The molecule has 20 heavy (non-hydrogen) atoms. The molecule has 0 fully saturated rings. The van der Waals surface area contributed by atoms with E-state index in [2.05, 4.69) is 25.6 Å². The third-order valence-corrected chi connectivity index (χ3v) is 5.89. The fraction of sp³-hybridized carbons (Fsp3) is 0.250. The summed E-state index contributed by atoms with van der Waals surface area (Å²) in [5.74, 6) is 0. The second-order valence-electron chi connectivity index (χ2n) is 4.33. The first-order valence-corrected chi connectivity index (χ1v) is 8.94. The van der Waals surface area contributed by atoms with Crippen molar-refractivity contribution in [1.29, 1.82) is 0 Å². The van der Waals surface area contributed by atoms with Gasteiger partial charge in [-0.1, -0.05) is 15.9 Å². The van der Waals surface area contributed by atoms with Gasteiger partial charge in [-0.05, 0) is 31.5 Å². The minimum atomic E-state index is -3.65. The molecule has 0 amide bonds. The van der Waals surface area contributed by atoms with Gasteiger partial charge in [0, 0.05) is 21.7 Å². The summed E-state index contributed by atoms with van der Waals surface area (Å²) in [6, 6.07) is 2.83. The molecule has 1 unspecified atom stereocenters. The largest absolute Gasteiger partial charge is 0.398 e. The lowest BCUT2D eigenvalue weighted by Crippen LogP contribution is -2.27. The Balaban J connectivity index is 2.36. The highest BCUT2D eigenvalue weighted by Gasteiger charge is 2.22. The van der Waals surface area contributed by atoms with E-state index in [0.717, 1.165) is 0 Å². The average molecular weight is 376 g/mol. The third-order valence-electron chi connectivity index (χ3n) is 2.81. The van der Waals surface area contributed by atoms with E-state index < -0.39 is 10.0 Å². The van der Waals surface area contributed by atoms with Crippen LogP contribution in [-0.4, -0.2) is 13.4 Å². The van der Waals surface area contributed by atoms with Crippen LogP contribution in [0.4, 0.5) is 5.69 Å². The SMILES string of the molecule is Cc1c(N)cc(Br)cc1S(=O)(=O)NC(C)c1nccs1. The summed E-state index contributed by atoms with van der Waals surface area (Å²) in [7, 11) is -3.65. The number of benzene rings is 1. The number of aromatic nitrogens is 1. The van der Waals surface area contributed by atoms with Crippen LogP contribution in [0.3, 0.4) is 0 Å². The summed E-state index contributed by atoms with van der Waals surface area (Å²) in [5, 5.41) is 2.52. The molecule has 1 aromatic heterocycles. The van der Waals surface area contributed by atoms with Crippen molar-refractivity contribution in [3.05, 3.63) is 38.8 Å². The second-order valence-corrected chi connectivity index (χ2v) is 7.86. The van der Waals surface area contributed by atoms with Crippen LogP contribution >= 0.6 is 27.3 Å². The van der Waals surface area contributed by atoms with Crippen molar-refractivity contribution in [3.63, 3.8) is 0 Å². The number of nitrogens with one attached hydrogen (secondary N) is 1. The van der Waals surface area contributed by atoms with Crippen molar-refractivity contribution >= 4 is 43.0 Å². The van der Waals surface area contributed by atoms with Gasteiger partial charge in [0.2, 0.25) is 10.0 Å². The van der Waals surface area contributed by atoms with E-state index in [1.165, 1.54) is 11.3 Å². The molecular formula is C12H14BrN3O2S2. The maximum absolute atomic E-state index is 12.5. The number of nitrogen functional groups attached to an aromatic ring is 1. The minimum Gasteiger partial charge on any atom is -0.398 e. The van der Waals surface area contributed by atoms with Gasteiger partial charge < -0.3 is 5.73 Å². The lowest BCUT2D eigenvalue weighted by Gasteiger charge is -2.15. The van der Waals surface area contributed by atoms with Crippen LogP contribution in [-0.2, 0) is 10.0 Å². The first-order valence-electron chi connectivity index (χ1n) is 5.78. The highest BCUT2D eigenvalue weighted by molar-refractivity contribution is 9.10. The normalized spacial score (nSPS) is 13.3. The molecule has 1 aromatic carbocycles. The number of thiazole rings is 1. The van der Waals surface area contributed by atoms with Gasteiger partial charge in [0.1, 0.15) is 5.01 Å². The van der Waals surface area contributed by atoms with Gasteiger partial charge in [-0.25, -0.2) is 18.1 Å². The molecule has 0 aliphatic carbocycles. The van der Waals surface area contributed by atoms with Gasteiger partial charge in [-0.15, -0.1) is 11.3 Å². The summed E-state index contributed by atoms with van der Waals surface area (Å²) < 4.78 is 28.1. The third kappa shape index (κ3) is 3.20. The molecule has 0 spiro atoms. The number of sulfonamides is 1. The van der Waals surface area contributed by atoms with E-state index in [9.17, 15) is 8.42 Å². The number of rotatable bonds is 4. The topological polar surface area (TPSA) is 85.1 Å². The average Bonchev–Trinajstić information content (AvgIpc) is 2.86. The monoisotopic (exact) mass is 375 g/mol. The number of hydrogen-bond acceptors (Lipinski definition) is 5. The van der Waals surface area contributed by atoms with E-state index in [4.69, 9.17) is 5.73 Å². The molecule has 0 bridgehead atoms. The highest BCUT2D eigenvalue weighted by atomic mass is 79.9. The Morgan fingerprint density at radius 2 is 2.15 bits per heavy atom. The summed E-state index contributed by atoms with van der Waals surface area (Å²) in [5.41, 5.74) is 6.78. The molecule has 0 radical (unpaired) electrons. The molecule has 1 atom stereocenters. The first-order chi connectivity index (χ1) is 9.31. The molecule has 3 N–H and O–H groups in total. The van der Waals surface area contributed by atoms with Crippen molar-refractivity contribution in [2.24, 2.45) is 0 Å². The summed E-state index contributed by atoms with van der Waals surface area (Å²) in [6.45, 7) is 3.44. The molecule has 0 saturated carbocycles. The Hall–Kier alpha value is -0.960. The zero-order valence-electron chi connectivity index (χ0n) is 10.9. The quantitative estimate of drug-likeness (QED) is 0.804. The lowest BCUT2D eigenvalue weighted by atomic mass is 10.2. The standard InChI is InChI=1S/C12H14BrN3O2S2/c1-7-10(14)5-9(13)6-11(7)20(17,18)16-8(2)12-15-3-4-19-12/h3-6,8,16H,14H2,1-2H3. The number of halogens is 1. The molecule has 8 heteroatoms. The molecule has 2 rings (SSSR count). The van der Waals surface area contributed by atoms with E-state index in [1.54, 1.807) is 32.2 Å². The molecule has 108 valence electrons. The van der Waals surface area contributed by atoms with Crippen LogP contribution in [0.5, 0.6) is 0 Å². The maximum atomic E-state index is 12.5. The number of hydrogen-bond donors (Lipinski definition) is 2. The predicted molar refractivity (Wildman–Crippen MR) is 84.1 cm³/mol. The van der Waals surface area contributed by atoms with Crippen molar-refractivity contribution in [1.82, 2.24) is 9.71 Å². The number of nitrogens with two attached hydrogens (primary N) is 1. The molecule has 0 saturated heterocycles. The van der Waals surface area contributed by atoms with E-state index >= 15 is 0 Å². The maximum Gasteiger partial charge on any atom is 0.241 e. The zero-order valence-corrected chi connectivity index (χ0v) is 14.1. The van der Waals surface area contributed by atoms with Gasteiger partial charge in [0.25, 0.3) is 0 Å². The molecule has 5 nitrogen and oxygen atoms in total. The van der Waals surface area contributed by atoms with Crippen LogP contribution in [0.1, 0.15) is 23.5 Å². The molecule has 2 aromatic rings. The van der Waals surface area contributed by atoms with Crippen LogP contribution in [0.15, 0.2) is 33.1 Å². The Kier molecular flexibility index (Phi) is 4.48. The highest BCUT2D eigenvalue weighted by Crippen LogP contribution is 2.27. The summed E-state index contributed by atoms with van der Waals surface area (Å²) in [6.07, 6.45) is 1.65. The first kappa shape index (κ1) is 15.4. The van der Waals surface area contributed by atoms with Crippen molar-refractivity contribution < 1.29 is 8.42 Å². The smallest absolute Gasteiger partial charge is 0.241 e. The molecule has 1 heterocycles. The summed E-state index contributed by atoms with van der Waals surface area (Å²) in [4.78, 5) is 4.28. The van der Waals surface area contributed by atoms with E-state index in [1.807, 2.05) is 5.38 Å². The van der Waals surface area contributed by atoms with Gasteiger partial charge in [-0.2, -0.15) is 0 Å². The van der Waals surface area contributed by atoms with Gasteiger partial charge in [-0.3, -0.25) is 0 Å². The van der Waals surface area contributed by atoms with Gasteiger partial charge in [0.15, 0.2) is 0 Å². The Morgan fingerprint density at radius 1 is 1.45 bits per heavy atom.